The van der Waals surface area contributed by atoms with Crippen molar-refractivity contribution in [3.8, 4) is 16.9 Å². The maximum Gasteiger partial charge on any atom is 0.141 e. The first-order chi connectivity index (χ1) is 16.9. The molecule has 0 radical (unpaired) electrons. The van der Waals surface area contributed by atoms with Gasteiger partial charge in [0.1, 0.15) is 17.3 Å². The summed E-state index contributed by atoms with van der Waals surface area (Å²) in [7, 11) is 0. The molecule has 2 aromatic carbocycles. The fraction of sp³-hybridized carbons (Fsp3) is 0.407. The lowest BCUT2D eigenvalue weighted by Gasteiger charge is -2.32. The van der Waals surface area contributed by atoms with E-state index in [0.29, 0.717) is 11.1 Å². The Balaban J connectivity index is 1.49. The van der Waals surface area contributed by atoms with Crippen LogP contribution in [0.15, 0.2) is 40.9 Å². The molecule has 0 bridgehead atoms. The molecule has 1 aliphatic heterocycles. The molecular weight excluding hydrogens is 464 g/mol. The zero-order chi connectivity index (χ0) is 24.5. The van der Waals surface area contributed by atoms with Crippen LogP contribution in [-0.2, 0) is 24.1 Å². The van der Waals surface area contributed by atoms with Crippen molar-refractivity contribution < 1.29 is 14.4 Å². The molecule has 5 rings (SSSR count). The van der Waals surface area contributed by atoms with E-state index in [1.807, 2.05) is 26.0 Å². The lowest BCUT2D eigenvalue weighted by Crippen LogP contribution is -2.44. The molecule has 184 valence electrons. The number of hydrogen-bond donors (Lipinski definition) is 1. The van der Waals surface area contributed by atoms with Gasteiger partial charge in [-0.15, -0.1) is 0 Å². The number of ether oxygens (including phenoxy) is 1. The Morgan fingerprint density at radius 2 is 1.89 bits per heavy atom. The topological polar surface area (TPSA) is 76.6 Å². The molecule has 1 aliphatic rings. The molecule has 7 nitrogen and oxygen atoms in total. The van der Waals surface area contributed by atoms with Crippen molar-refractivity contribution in [2.24, 2.45) is 0 Å². The third-order valence-corrected chi connectivity index (χ3v) is 7.22. The van der Waals surface area contributed by atoms with E-state index in [1.165, 1.54) is 0 Å². The van der Waals surface area contributed by atoms with Gasteiger partial charge in [-0.25, -0.2) is 4.98 Å². The Bertz CT molecular complexity index is 1320. The minimum Gasteiger partial charge on any atom is -0.506 e. The summed E-state index contributed by atoms with van der Waals surface area (Å²) in [4.78, 5) is 7.57. The van der Waals surface area contributed by atoms with Crippen LogP contribution in [0.25, 0.3) is 22.2 Å². The number of phenols is 1. The van der Waals surface area contributed by atoms with Gasteiger partial charge in [0.15, 0.2) is 0 Å². The molecule has 8 heteroatoms. The van der Waals surface area contributed by atoms with Crippen LogP contribution in [0, 0.1) is 13.8 Å². The summed E-state index contributed by atoms with van der Waals surface area (Å²) in [5.74, 6) is 1.96. The number of halogens is 1. The van der Waals surface area contributed by atoms with Gasteiger partial charge in [-0.05, 0) is 62.6 Å². The van der Waals surface area contributed by atoms with Crippen LogP contribution in [0.5, 0.6) is 5.75 Å². The number of nitrogens with zero attached hydrogens (tertiary/aromatic N) is 4. The first-order valence-electron chi connectivity index (χ1n) is 12.1. The summed E-state index contributed by atoms with van der Waals surface area (Å²) in [6.45, 7) is 10.5. The number of morpholine rings is 1. The van der Waals surface area contributed by atoms with Gasteiger partial charge in [0.2, 0.25) is 0 Å². The number of fused-ring (bicyclic) bond motifs is 1. The van der Waals surface area contributed by atoms with Crippen molar-refractivity contribution in [3.63, 3.8) is 0 Å². The Morgan fingerprint density at radius 3 is 2.60 bits per heavy atom. The summed E-state index contributed by atoms with van der Waals surface area (Å²) < 4.78 is 13.3. The molecule has 1 atom stereocenters. The van der Waals surface area contributed by atoms with E-state index in [4.69, 9.17) is 25.8 Å². The Hall–Kier alpha value is -2.87. The third-order valence-electron chi connectivity index (χ3n) is 6.91. The van der Waals surface area contributed by atoms with Crippen molar-refractivity contribution in [2.45, 2.75) is 46.2 Å². The Morgan fingerprint density at radius 1 is 1.09 bits per heavy atom. The molecule has 1 fully saturated rings. The van der Waals surface area contributed by atoms with Crippen molar-refractivity contribution in [2.75, 3.05) is 26.3 Å². The summed E-state index contributed by atoms with van der Waals surface area (Å²) in [5.41, 5.74) is 6.14. The number of aromatic nitrogens is 3. The monoisotopic (exact) mass is 494 g/mol. The van der Waals surface area contributed by atoms with Gasteiger partial charge in [-0.1, -0.05) is 28.9 Å². The molecule has 0 saturated carbocycles. The number of benzene rings is 2. The Labute approximate surface area is 210 Å². The van der Waals surface area contributed by atoms with E-state index in [2.05, 4.69) is 39.7 Å². The fourth-order valence-corrected chi connectivity index (χ4v) is 5.19. The highest BCUT2D eigenvalue weighted by molar-refractivity contribution is 6.32. The van der Waals surface area contributed by atoms with Gasteiger partial charge in [-0.2, -0.15) is 0 Å². The lowest BCUT2D eigenvalue weighted by molar-refractivity contribution is 0.0170. The van der Waals surface area contributed by atoms with E-state index in [9.17, 15) is 5.11 Å². The number of aryl methyl sites for hydroxylation is 4. The summed E-state index contributed by atoms with van der Waals surface area (Å²) in [6, 6.07) is 12.2. The standard InChI is InChI=1S/C27H31ClN4O3/c1-17(31-10-12-34-13-11-31)16-32-24-7-6-21(27-18(2)30-35-19(27)3)15-23(24)29-26(32)9-5-20-4-8-25(33)22(28)14-20/h4,6-8,14-15,17,33H,5,9-13,16H2,1-3H3/t17-/m0/s1. The Kier molecular flexibility index (Phi) is 6.82. The number of rotatable bonds is 7. The van der Waals surface area contributed by atoms with Gasteiger partial charge >= 0.3 is 0 Å². The van der Waals surface area contributed by atoms with Crippen molar-refractivity contribution in [1.29, 1.82) is 0 Å². The quantitative estimate of drug-likeness (QED) is 0.382. The number of aromatic hydroxyl groups is 1. The van der Waals surface area contributed by atoms with Crippen LogP contribution in [-0.4, -0.2) is 57.1 Å². The molecule has 4 aromatic rings. The first kappa shape index (κ1) is 23.9. The molecule has 1 N–H and O–H groups in total. The van der Waals surface area contributed by atoms with E-state index in [-0.39, 0.29) is 5.75 Å². The summed E-state index contributed by atoms with van der Waals surface area (Å²) >= 11 is 6.14. The van der Waals surface area contributed by atoms with Crippen molar-refractivity contribution in [3.05, 3.63) is 64.3 Å². The normalized spacial score (nSPS) is 15.7. The van der Waals surface area contributed by atoms with Gasteiger partial charge in [0, 0.05) is 37.7 Å². The van der Waals surface area contributed by atoms with Gasteiger partial charge in [0.05, 0.1) is 35.0 Å². The molecule has 2 aromatic heterocycles. The van der Waals surface area contributed by atoms with Crippen LogP contribution in [0.1, 0.15) is 29.8 Å². The minimum absolute atomic E-state index is 0.105. The average Bonchev–Trinajstić information content (AvgIpc) is 3.38. The van der Waals surface area contributed by atoms with E-state index in [1.54, 1.807) is 6.07 Å². The number of phenolic OH excluding ortho intramolecular Hbond substituents is 1. The van der Waals surface area contributed by atoms with E-state index in [0.717, 1.165) is 90.7 Å². The zero-order valence-electron chi connectivity index (χ0n) is 20.4. The molecule has 0 aliphatic carbocycles. The second kappa shape index (κ2) is 10.0. The molecule has 3 heterocycles. The van der Waals surface area contributed by atoms with E-state index >= 15 is 0 Å². The van der Waals surface area contributed by atoms with Crippen LogP contribution in [0.4, 0.5) is 0 Å². The summed E-state index contributed by atoms with van der Waals surface area (Å²) in [5, 5.41) is 14.3. The molecule has 1 saturated heterocycles. The third kappa shape index (κ3) is 4.94. The predicted octanol–water partition coefficient (Wildman–Crippen LogP) is 5.17. The lowest BCUT2D eigenvalue weighted by atomic mass is 10.0. The highest BCUT2D eigenvalue weighted by Gasteiger charge is 2.21. The smallest absolute Gasteiger partial charge is 0.141 e. The highest BCUT2D eigenvalue weighted by Crippen LogP contribution is 2.31. The second-order valence-electron chi connectivity index (χ2n) is 9.32. The minimum atomic E-state index is 0.105. The second-order valence-corrected chi connectivity index (χ2v) is 9.73. The van der Waals surface area contributed by atoms with Gasteiger partial charge < -0.3 is 18.9 Å². The predicted molar refractivity (Wildman–Crippen MR) is 137 cm³/mol. The SMILES string of the molecule is Cc1noc(C)c1-c1ccc2c(c1)nc(CCc1ccc(O)c(Cl)c1)n2C[C@H](C)N1CCOCC1. The first-order valence-corrected chi connectivity index (χ1v) is 12.5. The molecule has 35 heavy (non-hydrogen) atoms. The van der Waals surface area contributed by atoms with E-state index < -0.39 is 0 Å². The van der Waals surface area contributed by atoms with Crippen molar-refractivity contribution in [1.82, 2.24) is 19.6 Å². The maximum atomic E-state index is 9.76. The summed E-state index contributed by atoms with van der Waals surface area (Å²) in [6.07, 6.45) is 1.55. The molecule has 0 unspecified atom stereocenters. The largest absolute Gasteiger partial charge is 0.506 e. The highest BCUT2D eigenvalue weighted by atomic mass is 35.5. The molecule has 0 amide bonds. The number of imidazole rings is 1. The van der Waals surface area contributed by atoms with Crippen LogP contribution in [0.3, 0.4) is 0 Å². The fourth-order valence-electron chi connectivity index (χ4n) is 4.98. The van der Waals surface area contributed by atoms with Crippen LogP contribution >= 0.6 is 11.6 Å². The van der Waals surface area contributed by atoms with Gasteiger partial charge in [-0.3, -0.25) is 4.90 Å². The maximum absolute atomic E-state index is 9.76. The molecular formula is C27H31ClN4O3. The average molecular weight is 495 g/mol. The van der Waals surface area contributed by atoms with Crippen LogP contribution in [0.2, 0.25) is 5.02 Å². The number of hydrogen-bond acceptors (Lipinski definition) is 6. The molecule has 0 spiro atoms. The van der Waals surface area contributed by atoms with Crippen LogP contribution < -0.4 is 0 Å². The van der Waals surface area contributed by atoms with Crippen molar-refractivity contribution >= 4 is 22.6 Å². The zero-order valence-corrected chi connectivity index (χ0v) is 21.2. The van der Waals surface area contributed by atoms with Gasteiger partial charge in [0.25, 0.3) is 0 Å².